The smallest absolute Gasteiger partial charge is 0.303 e. The van der Waals surface area contributed by atoms with Crippen molar-refractivity contribution in [2.75, 3.05) is 6.54 Å². The summed E-state index contributed by atoms with van der Waals surface area (Å²) in [7, 11) is 0. The highest BCUT2D eigenvalue weighted by molar-refractivity contribution is 5.92. The first kappa shape index (κ1) is 17.1. The second-order valence-electron chi connectivity index (χ2n) is 5.33. The summed E-state index contributed by atoms with van der Waals surface area (Å²) in [5.41, 5.74) is 0.728. The van der Waals surface area contributed by atoms with E-state index in [9.17, 15) is 19.7 Å². The molecule has 1 amide bonds. The third-order valence-electron chi connectivity index (χ3n) is 3.28. The van der Waals surface area contributed by atoms with Crippen LogP contribution in [0.25, 0.3) is 5.69 Å². The molecule has 9 nitrogen and oxygen atoms in total. The maximum absolute atomic E-state index is 12.0. The summed E-state index contributed by atoms with van der Waals surface area (Å²) < 4.78 is 1.43. The monoisotopic (exact) mass is 332 g/mol. The average Bonchev–Trinajstić information content (AvgIpc) is 3.02. The van der Waals surface area contributed by atoms with Gasteiger partial charge in [0, 0.05) is 31.3 Å². The molecule has 0 saturated carbocycles. The fourth-order valence-electron chi connectivity index (χ4n) is 2.04. The van der Waals surface area contributed by atoms with Gasteiger partial charge in [-0.1, -0.05) is 6.92 Å². The standard InChI is InChI=1S/C15H16N4O5/c1-10(8-14(20)21)9-16-15(22)13-6-7-18(17-13)11-2-4-12(5-3-11)19(23)24/h2-7,10H,8-9H2,1H3,(H,16,22)(H,20,21). The van der Waals surface area contributed by atoms with Crippen LogP contribution < -0.4 is 5.32 Å². The van der Waals surface area contributed by atoms with Gasteiger partial charge in [-0.25, -0.2) is 4.68 Å². The maximum Gasteiger partial charge on any atom is 0.303 e. The van der Waals surface area contributed by atoms with Gasteiger partial charge < -0.3 is 10.4 Å². The number of nitrogens with one attached hydrogen (secondary N) is 1. The number of aliphatic carboxylic acids is 1. The summed E-state index contributed by atoms with van der Waals surface area (Å²) in [6.07, 6.45) is 1.54. The number of carboxylic acids is 1. The molecule has 1 aromatic heterocycles. The summed E-state index contributed by atoms with van der Waals surface area (Å²) in [6, 6.07) is 7.27. The van der Waals surface area contributed by atoms with Crippen LogP contribution in [-0.4, -0.2) is 38.2 Å². The Morgan fingerprint density at radius 1 is 1.33 bits per heavy atom. The minimum absolute atomic E-state index is 0.0302. The van der Waals surface area contributed by atoms with Gasteiger partial charge in [0.25, 0.3) is 11.6 Å². The lowest BCUT2D eigenvalue weighted by Gasteiger charge is -2.09. The SMILES string of the molecule is CC(CNC(=O)c1ccn(-c2ccc([N+](=O)[O-])cc2)n1)CC(=O)O. The van der Waals surface area contributed by atoms with Gasteiger partial charge in [0.1, 0.15) is 0 Å². The number of nitro benzene ring substituents is 1. The van der Waals surface area contributed by atoms with Crippen molar-refractivity contribution in [3.8, 4) is 5.69 Å². The van der Waals surface area contributed by atoms with E-state index in [1.807, 2.05) is 0 Å². The van der Waals surface area contributed by atoms with Crippen LogP contribution in [0.1, 0.15) is 23.8 Å². The van der Waals surface area contributed by atoms with Gasteiger partial charge in [0.2, 0.25) is 0 Å². The van der Waals surface area contributed by atoms with Crippen LogP contribution in [0, 0.1) is 16.0 Å². The van der Waals surface area contributed by atoms with Gasteiger partial charge in [-0.15, -0.1) is 0 Å². The molecule has 0 saturated heterocycles. The summed E-state index contributed by atoms with van der Waals surface area (Å²) >= 11 is 0. The zero-order chi connectivity index (χ0) is 17.7. The Balaban J connectivity index is 2.00. The topological polar surface area (TPSA) is 127 Å². The molecule has 0 bridgehead atoms. The lowest BCUT2D eigenvalue weighted by Crippen LogP contribution is -2.29. The number of amides is 1. The number of benzene rings is 1. The maximum atomic E-state index is 12.0. The number of nitro groups is 1. The van der Waals surface area contributed by atoms with Crippen molar-refractivity contribution in [3.05, 3.63) is 52.3 Å². The fourth-order valence-corrected chi connectivity index (χ4v) is 2.04. The van der Waals surface area contributed by atoms with E-state index in [1.165, 1.54) is 35.0 Å². The number of hydrogen-bond acceptors (Lipinski definition) is 5. The largest absolute Gasteiger partial charge is 0.481 e. The highest BCUT2D eigenvalue weighted by Crippen LogP contribution is 2.15. The van der Waals surface area contributed by atoms with Crippen molar-refractivity contribution >= 4 is 17.6 Å². The summed E-state index contributed by atoms with van der Waals surface area (Å²) in [5, 5.41) is 26.0. The van der Waals surface area contributed by atoms with Gasteiger partial charge >= 0.3 is 5.97 Å². The molecule has 1 unspecified atom stereocenters. The molecule has 9 heteroatoms. The average molecular weight is 332 g/mol. The summed E-state index contributed by atoms with van der Waals surface area (Å²) in [5.74, 6) is -1.52. The Hall–Kier alpha value is -3.23. The molecule has 2 N–H and O–H groups in total. The molecule has 126 valence electrons. The number of non-ortho nitro benzene ring substituents is 1. The zero-order valence-electron chi connectivity index (χ0n) is 12.9. The third kappa shape index (κ3) is 4.38. The van der Waals surface area contributed by atoms with Crippen molar-refractivity contribution in [1.82, 2.24) is 15.1 Å². The molecule has 0 spiro atoms. The fraction of sp³-hybridized carbons (Fsp3) is 0.267. The number of carboxylic acid groups (broad SMARTS) is 1. The first-order chi connectivity index (χ1) is 11.4. The molecule has 0 aliphatic heterocycles. The van der Waals surface area contributed by atoms with Crippen LogP contribution in [-0.2, 0) is 4.79 Å². The van der Waals surface area contributed by atoms with Crippen molar-refractivity contribution in [2.24, 2.45) is 5.92 Å². The number of aromatic nitrogens is 2. The molecule has 1 atom stereocenters. The lowest BCUT2D eigenvalue weighted by molar-refractivity contribution is -0.384. The summed E-state index contributed by atoms with van der Waals surface area (Å²) in [6.45, 7) is 1.96. The number of hydrogen-bond donors (Lipinski definition) is 2. The molecule has 2 aromatic rings. The van der Waals surface area contributed by atoms with E-state index >= 15 is 0 Å². The Bertz CT molecular complexity index is 753. The first-order valence-corrected chi connectivity index (χ1v) is 7.17. The molecule has 0 radical (unpaired) electrons. The Kier molecular flexibility index (Phi) is 5.25. The molecule has 0 aliphatic rings. The minimum Gasteiger partial charge on any atom is -0.481 e. The van der Waals surface area contributed by atoms with Gasteiger partial charge in [-0.05, 0) is 24.1 Å². The predicted octanol–water partition coefficient (Wildman–Crippen LogP) is 1.62. The molecule has 1 aromatic carbocycles. The van der Waals surface area contributed by atoms with Crippen LogP contribution in [0.3, 0.4) is 0 Å². The van der Waals surface area contributed by atoms with Gasteiger partial charge in [-0.3, -0.25) is 19.7 Å². The number of carbonyl (C=O) groups excluding carboxylic acids is 1. The molecular formula is C15H16N4O5. The van der Waals surface area contributed by atoms with E-state index in [1.54, 1.807) is 13.1 Å². The van der Waals surface area contributed by atoms with E-state index in [4.69, 9.17) is 5.11 Å². The first-order valence-electron chi connectivity index (χ1n) is 7.17. The molecule has 0 fully saturated rings. The quantitative estimate of drug-likeness (QED) is 0.586. The van der Waals surface area contributed by atoms with E-state index in [0.29, 0.717) is 5.69 Å². The Morgan fingerprint density at radius 2 is 2.00 bits per heavy atom. The Morgan fingerprint density at radius 3 is 2.58 bits per heavy atom. The number of nitrogens with zero attached hydrogens (tertiary/aromatic N) is 3. The third-order valence-corrected chi connectivity index (χ3v) is 3.28. The van der Waals surface area contributed by atoms with E-state index in [0.717, 1.165) is 0 Å². The minimum atomic E-state index is -0.917. The van der Waals surface area contributed by atoms with Crippen LogP contribution in [0.4, 0.5) is 5.69 Å². The van der Waals surface area contributed by atoms with Crippen LogP contribution in [0.15, 0.2) is 36.5 Å². The van der Waals surface area contributed by atoms with Crippen molar-refractivity contribution in [3.63, 3.8) is 0 Å². The van der Waals surface area contributed by atoms with Crippen molar-refractivity contribution < 1.29 is 19.6 Å². The van der Waals surface area contributed by atoms with Gasteiger partial charge in [0.05, 0.1) is 10.6 Å². The normalized spacial score (nSPS) is 11.7. The molecular weight excluding hydrogens is 316 g/mol. The Labute approximate surface area is 137 Å². The van der Waals surface area contributed by atoms with Crippen LogP contribution in [0.5, 0.6) is 0 Å². The second kappa shape index (κ2) is 7.36. The number of carbonyl (C=O) groups is 2. The summed E-state index contributed by atoms with van der Waals surface area (Å²) in [4.78, 5) is 32.7. The van der Waals surface area contributed by atoms with E-state index < -0.39 is 16.8 Å². The molecule has 24 heavy (non-hydrogen) atoms. The molecule has 0 aliphatic carbocycles. The van der Waals surface area contributed by atoms with Crippen LogP contribution >= 0.6 is 0 Å². The molecule has 2 rings (SSSR count). The predicted molar refractivity (Wildman–Crippen MR) is 84.0 cm³/mol. The van der Waals surface area contributed by atoms with E-state index in [2.05, 4.69) is 10.4 Å². The van der Waals surface area contributed by atoms with E-state index in [-0.39, 0.29) is 30.3 Å². The zero-order valence-corrected chi connectivity index (χ0v) is 12.9. The van der Waals surface area contributed by atoms with Gasteiger partial charge in [0.15, 0.2) is 5.69 Å². The highest BCUT2D eigenvalue weighted by atomic mass is 16.6. The lowest BCUT2D eigenvalue weighted by atomic mass is 10.1. The number of rotatable bonds is 7. The highest BCUT2D eigenvalue weighted by Gasteiger charge is 2.13. The molecule has 1 heterocycles. The second-order valence-corrected chi connectivity index (χ2v) is 5.33. The van der Waals surface area contributed by atoms with Crippen LogP contribution in [0.2, 0.25) is 0 Å². The van der Waals surface area contributed by atoms with Gasteiger partial charge in [-0.2, -0.15) is 5.10 Å². The van der Waals surface area contributed by atoms with Crippen molar-refractivity contribution in [1.29, 1.82) is 0 Å². The van der Waals surface area contributed by atoms with Crippen molar-refractivity contribution in [2.45, 2.75) is 13.3 Å².